The second kappa shape index (κ2) is 8.81. The number of benzene rings is 2. The van der Waals surface area contributed by atoms with Crippen LogP contribution in [0.5, 0.6) is 0 Å². The lowest BCUT2D eigenvalue weighted by Gasteiger charge is -2.18. The highest BCUT2D eigenvalue weighted by atomic mass is 19.4. The Labute approximate surface area is 181 Å². The maximum absolute atomic E-state index is 13.0. The van der Waals surface area contributed by atoms with Gasteiger partial charge in [0.2, 0.25) is 11.8 Å². The lowest BCUT2D eigenvalue weighted by Crippen LogP contribution is -2.33. The van der Waals surface area contributed by atoms with Crippen LogP contribution in [0.25, 0.3) is 0 Å². The van der Waals surface area contributed by atoms with Crippen molar-refractivity contribution in [3.63, 3.8) is 0 Å². The fraction of sp³-hybridized carbons (Fsp3) is 0.273. The first-order valence-corrected chi connectivity index (χ1v) is 9.96. The van der Waals surface area contributed by atoms with E-state index >= 15 is 0 Å². The summed E-state index contributed by atoms with van der Waals surface area (Å²) in [6, 6.07) is 12.1. The van der Waals surface area contributed by atoms with Crippen molar-refractivity contribution in [3.05, 3.63) is 77.9 Å². The second-order valence-electron chi connectivity index (χ2n) is 7.53. The molecule has 2 heterocycles. The van der Waals surface area contributed by atoms with Gasteiger partial charge in [-0.3, -0.25) is 9.59 Å². The first kappa shape index (κ1) is 21.5. The lowest BCUT2D eigenvalue weighted by molar-refractivity contribution is -0.137. The summed E-state index contributed by atoms with van der Waals surface area (Å²) in [5.74, 6) is -1.33. The van der Waals surface area contributed by atoms with Crippen LogP contribution in [-0.4, -0.2) is 33.1 Å². The van der Waals surface area contributed by atoms with E-state index in [-0.39, 0.29) is 37.0 Å². The predicted molar refractivity (Wildman–Crippen MR) is 109 cm³/mol. The van der Waals surface area contributed by atoms with E-state index in [1.165, 1.54) is 23.4 Å². The maximum Gasteiger partial charge on any atom is 0.416 e. The molecule has 0 bridgehead atoms. The van der Waals surface area contributed by atoms with Crippen molar-refractivity contribution in [3.8, 4) is 0 Å². The molecule has 166 valence electrons. The molecule has 1 aliphatic heterocycles. The van der Waals surface area contributed by atoms with Gasteiger partial charge in [-0.15, -0.1) is 0 Å². The van der Waals surface area contributed by atoms with Crippen molar-refractivity contribution in [2.45, 2.75) is 25.7 Å². The average molecular weight is 443 g/mol. The molecule has 1 fully saturated rings. The van der Waals surface area contributed by atoms with Crippen LogP contribution in [-0.2, 0) is 28.9 Å². The molecule has 10 heteroatoms. The summed E-state index contributed by atoms with van der Waals surface area (Å²) in [7, 11) is 0. The molecule has 1 aliphatic rings. The van der Waals surface area contributed by atoms with Gasteiger partial charge < -0.3 is 10.2 Å². The predicted octanol–water partition coefficient (Wildman–Crippen LogP) is 3.01. The zero-order valence-corrected chi connectivity index (χ0v) is 16.9. The normalized spacial score (nSPS) is 16.4. The largest absolute Gasteiger partial charge is 0.416 e. The molecular formula is C22H20F3N5O2. The molecular weight excluding hydrogens is 423 g/mol. The van der Waals surface area contributed by atoms with Crippen LogP contribution in [0.2, 0.25) is 0 Å². The van der Waals surface area contributed by atoms with Crippen LogP contribution in [0, 0.1) is 5.92 Å². The zero-order chi connectivity index (χ0) is 22.7. The van der Waals surface area contributed by atoms with Gasteiger partial charge >= 0.3 is 6.18 Å². The van der Waals surface area contributed by atoms with Gasteiger partial charge in [0.1, 0.15) is 12.7 Å². The molecule has 32 heavy (non-hydrogen) atoms. The maximum atomic E-state index is 13.0. The summed E-state index contributed by atoms with van der Waals surface area (Å²) in [6.45, 7) is 0.793. The van der Waals surface area contributed by atoms with E-state index in [1.54, 1.807) is 11.0 Å². The Bertz CT molecular complexity index is 1110. The molecule has 0 saturated carbocycles. The molecule has 0 radical (unpaired) electrons. The topological polar surface area (TPSA) is 80.1 Å². The summed E-state index contributed by atoms with van der Waals surface area (Å²) in [5, 5.41) is 6.93. The van der Waals surface area contributed by atoms with Crippen molar-refractivity contribution in [2.75, 3.05) is 11.4 Å². The Morgan fingerprint density at radius 1 is 1.12 bits per heavy atom. The Kier molecular flexibility index (Phi) is 5.93. The Morgan fingerprint density at radius 2 is 1.91 bits per heavy atom. The molecule has 4 rings (SSSR count). The van der Waals surface area contributed by atoms with Crippen LogP contribution >= 0.6 is 0 Å². The molecule has 3 aromatic rings. The minimum atomic E-state index is -4.50. The molecule has 2 aromatic carbocycles. The minimum absolute atomic E-state index is 0.0343. The summed E-state index contributed by atoms with van der Waals surface area (Å²) < 4.78 is 40.7. The molecule has 0 spiro atoms. The first-order valence-electron chi connectivity index (χ1n) is 9.96. The van der Waals surface area contributed by atoms with E-state index < -0.39 is 17.7 Å². The van der Waals surface area contributed by atoms with Crippen LogP contribution in [0.3, 0.4) is 0 Å². The van der Waals surface area contributed by atoms with Crippen LogP contribution in [0.4, 0.5) is 18.9 Å². The van der Waals surface area contributed by atoms with E-state index in [0.717, 1.165) is 23.3 Å². The first-order chi connectivity index (χ1) is 15.3. The molecule has 2 amide bonds. The highest BCUT2D eigenvalue weighted by Gasteiger charge is 2.36. The summed E-state index contributed by atoms with van der Waals surface area (Å²) in [5.41, 5.74) is 1.17. The number of aromatic nitrogens is 3. The van der Waals surface area contributed by atoms with Crippen LogP contribution < -0.4 is 10.2 Å². The number of alkyl halides is 3. The third-order valence-electron chi connectivity index (χ3n) is 5.35. The Balaban J connectivity index is 1.40. The Morgan fingerprint density at radius 3 is 2.62 bits per heavy atom. The third kappa shape index (κ3) is 4.79. The van der Waals surface area contributed by atoms with Crippen molar-refractivity contribution in [1.82, 2.24) is 20.1 Å². The van der Waals surface area contributed by atoms with Gasteiger partial charge in [0.15, 0.2) is 0 Å². The zero-order valence-electron chi connectivity index (χ0n) is 16.9. The molecule has 1 atom stereocenters. The van der Waals surface area contributed by atoms with Gasteiger partial charge in [-0.25, -0.2) is 9.67 Å². The van der Waals surface area contributed by atoms with E-state index in [2.05, 4.69) is 15.4 Å². The molecule has 0 aliphatic carbocycles. The van der Waals surface area contributed by atoms with E-state index in [1.807, 2.05) is 24.3 Å². The molecule has 1 saturated heterocycles. The van der Waals surface area contributed by atoms with E-state index in [4.69, 9.17) is 0 Å². The number of hydrogen-bond donors (Lipinski definition) is 1. The van der Waals surface area contributed by atoms with Crippen molar-refractivity contribution in [1.29, 1.82) is 0 Å². The van der Waals surface area contributed by atoms with Gasteiger partial charge in [-0.05, 0) is 29.3 Å². The second-order valence-corrected chi connectivity index (χ2v) is 7.53. The van der Waals surface area contributed by atoms with Crippen LogP contribution in [0.15, 0.2) is 61.2 Å². The highest BCUT2D eigenvalue weighted by Crippen LogP contribution is 2.33. The van der Waals surface area contributed by atoms with Gasteiger partial charge in [0, 0.05) is 25.2 Å². The third-order valence-corrected chi connectivity index (χ3v) is 5.35. The molecule has 1 aromatic heterocycles. The number of rotatable bonds is 6. The number of carbonyl (C=O) groups excluding carboxylic acids is 2. The monoisotopic (exact) mass is 443 g/mol. The van der Waals surface area contributed by atoms with Crippen LogP contribution in [0.1, 0.15) is 23.1 Å². The number of nitrogens with zero attached hydrogens (tertiary/aromatic N) is 4. The van der Waals surface area contributed by atoms with Gasteiger partial charge in [0.25, 0.3) is 0 Å². The number of halogens is 3. The number of nitrogens with one attached hydrogen (secondary N) is 1. The minimum Gasteiger partial charge on any atom is -0.352 e. The van der Waals surface area contributed by atoms with Crippen molar-refractivity contribution >= 4 is 17.5 Å². The highest BCUT2D eigenvalue weighted by molar-refractivity contribution is 6.00. The molecule has 1 N–H and O–H groups in total. The van der Waals surface area contributed by atoms with Crippen molar-refractivity contribution < 1.29 is 22.8 Å². The fourth-order valence-electron chi connectivity index (χ4n) is 3.68. The number of anilines is 1. The quantitative estimate of drug-likeness (QED) is 0.635. The Hall–Kier alpha value is -3.69. The van der Waals surface area contributed by atoms with Gasteiger partial charge in [-0.1, -0.05) is 30.3 Å². The number of hydrogen-bond acceptors (Lipinski definition) is 4. The summed E-state index contributed by atoms with van der Waals surface area (Å²) >= 11 is 0. The lowest BCUT2D eigenvalue weighted by atomic mass is 10.1. The molecule has 7 nitrogen and oxygen atoms in total. The number of carbonyl (C=O) groups is 2. The fourth-order valence-corrected chi connectivity index (χ4v) is 3.68. The van der Waals surface area contributed by atoms with Crippen molar-refractivity contribution in [2.24, 2.45) is 5.92 Å². The SMILES string of the molecule is O=C(NCc1ccccc1Cn1cncn1)C1CC(=O)N(c2cccc(C(F)(F)F)c2)C1. The van der Waals surface area contributed by atoms with Gasteiger partial charge in [0.05, 0.1) is 18.0 Å². The molecule has 1 unspecified atom stereocenters. The standard InChI is InChI=1S/C22H20F3N5O2/c23-22(24,25)18-6-3-7-19(9-18)30-12-17(8-20(30)31)21(32)27-10-15-4-1-2-5-16(15)11-29-14-26-13-28-29/h1-7,9,13-14,17H,8,10-12H2,(H,27,32). The van der Waals surface area contributed by atoms with Gasteiger partial charge in [-0.2, -0.15) is 18.3 Å². The summed E-state index contributed by atoms with van der Waals surface area (Å²) in [6.07, 6.45) is -1.52. The number of amides is 2. The summed E-state index contributed by atoms with van der Waals surface area (Å²) in [4.78, 5) is 30.3. The van der Waals surface area contributed by atoms with E-state index in [9.17, 15) is 22.8 Å². The van der Waals surface area contributed by atoms with E-state index in [0.29, 0.717) is 6.54 Å². The smallest absolute Gasteiger partial charge is 0.352 e. The average Bonchev–Trinajstić information content (AvgIpc) is 3.42.